The van der Waals surface area contributed by atoms with E-state index in [1.807, 2.05) is 0 Å². The molecule has 1 rings (SSSR count). The van der Waals surface area contributed by atoms with Crippen molar-refractivity contribution in [2.24, 2.45) is 10.7 Å². The quantitative estimate of drug-likeness (QED) is 0.573. The highest BCUT2D eigenvalue weighted by molar-refractivity contribution is 5.70. The summed E-state index contributed by atoms with van der Waals surface area (Å²) in [5.41, 5.74) is 5.16. The average molecular weight is 182 g/mol. The molecule has 0 unspecified atom stereocenters. The van der Waals surface area contributed by atoms with E-state index in [1.54, 1.807) is 12.3 Å². The third-order valence-corrected chi connectivity index (χ3v) is 2.06. The van der Waals surface area contributed by atoms with Gasteiger partial charge in [-0.15, -0.1) is 0 Å². The molecular formula is C9H18N4. The van der Waals surface area contributed by atoms with Gasteiger partial charge in [0.15, 0.2) is 0 Å². The van der Waals surface area contributed by atoms with Crippen molar-refractivity contribution >= 4 is 6.21 Å². The number of hydrogen-bond donors (Lipinski definition) is 2. The number of nitrogens with zero attached hydrogens (tertiary/aromatic N) is 2. The zero-order chi connectivity index (χ0) is 9.36. The summed E-state index contributed by atoms with van der Waals surface area (Å²) in [6.45, 7) is 6.41. The molecule has 1 saturated heterocycles. The number of piperazine rings is 1. The van der Waals surface area contributed by atoms with Crippen LogP contribution in [0.2, 0.25) is 0 Å². The lowest BCUT2D eigenvalue weighted by atomic mass is 10.3. The smallest absolute Gasteiger partial charge is 0.0516 e. The van der Waals surface area contributed by atoms with Gasteiger partial charge in [-0.2, -0.15) is 0 Å². The van der Waals surface area contributed by atoms with E-state index in [-0.39, 0.29) is 0 Å². The van der Waals surface area contributed by atoms with Gasteiger partial charge in [0.25, 0.3) is 0 Å². The van der Waals surface area contributed by atoms with Crippen LogP contribution in [-0.2, 0) is 0 Å². The minimum Gasteiger partial charge on any atom is -0.405 e. The number of allylic oxidation sites excluding steroid dienone is 1. The van der Waals surface area contributed by atoms with Gasteiger partial charge in [-0.25, -0.2) is 0 Å². The first-order chi connectivity index (χ1) is 6.43. The molecule has 0 aromatic rings. The minimum absolute atomic E-state index is 0.865. The maximum absolute atomic E-state index is 5.16. The fraction of sp³-hybridized carbons (Fsp3) is 0.667. The van der Waals surface area contributed by atoms with Crippen LogP contribution in [-0.4, -0.2) is 50.4 Å². The zero-order valence-corrected chi connectivity index (χ0v) is 7.95. The molecule has 4 nitrogen and oxygen atoms in total. The van der Waals surface area contributed by atoms with Crippen molar-refractivity contribution < 1.29 is 0 Å². The summed E-state index contributed by atoms with van der Waals surface area (Å²) in [4.78, 5) is 6.62. The fourth-order valence-corrected chi connectivity index (χ4v) is 1.32. The molecular weight excluding hydrogens is 164 g/mol. The summed E-state index contributed by atoms with van der Waals surface area (Å²) >= 11 is 0. The van der Waals surface area contributed by atoms with Gasteiger partial charge in [0.05, 0.1) is 6.54 Å². The van der Waals surface area contributed by atoms with Crippen LogP contribution in [0.1, 0.15) is 0 Å². The van der Waals surface area contributed by atoms with Crippen molar-refractivity contribution in [1.29, 1.82) is 0 Å². The number of nitrogens with two attached hydrogens (primary N) is 1. The monoisotopic (exact) mass is 182 g/mol. The Balaban J connectivity index is 2.04. The standard InChI is InChI=1S/C9H18N4/c10-2-1-3-11-4-7-13-8-5-12-6-9-13/h1-3,12H,4-10H2. The molecule has 0 atom stereocenters. The lowest BCUT2D eigenvalue weighted by Crippen LogP contribution is -2.44. The molecule has 1 aliphatic rings. The first-order valence-corrected chi connectivity index (χ1v) is 4.73. The topological polar surface area (TPSA) is 53.6 Å². The van der Waals surface area contributed by atoms with Crippen LogP contribution < -0.4 is 11.1 Å². The van der Waals surface area contributed by atoms with E-state index in [0.29, 0.717) is 0 Å². The Labute approximate surface area is 79.5 Å². The lowest BCUT2D eigenvalue weighted by Gasteiger charge is -2.26. The summed E-state index contributed by atoms with van der Waals surface area (Å²) in [5, 5.41) is 3.32. The molecule has 13 heavy (non-hydrogen) atoms. The lowest BCUT2D eigenvalue weighted by molar-refractivity contribution is 0.248. The van der Waals surface area contributed by atoms with Gasteiger partial charge in [0.2, 0.25) is 0 Å². The molecule has 0 bridgehead atoms. The van der Waals surface area contributed by atoms with E-state index in [9.17, 15) is 0 Å². The van der Waals surface area contributed by atoms with E-state index in [2.05, 4.69) is 15.2 Å². The van der Waals surface area contributed by atoms with E-state index < -0.39 is 0 Å². The first kappa shape index (κ1) is 10.2. The highest BCUT2D eigenvalue weighted by Gasteiger charge is 2.07. The summed E-state index contributed by atoms with van der Waals surface area (Å²) in [6.07, 6.45) is 4.99. The normalized spacial score (nSPS) is 20.3. The molecule has 74 valence electrons. The van der Waals surface area contributed by atoms with Crippen LogP contribution in [0.5, 0.6) is 0 Å². The Bertz CT molecular complexity index is 170. The summed E-state index contributed by atoms with van der Waals surface area (Å²) in [7, 11) is 0. The maximum atomic E-state index is 5.16. The molecule has 4 heteroatoms. The second-order valence-corrected chi connectivity index (χ2v) is 3.03. The molecule has 0 spiro atoms. The van der Waals surface area contributed by atoms with Crippen LogP contribution in [0.15, 0.2) is 17.3 Å². The summed E-state index contributed by atoms with van der Waals surface area (Å²) < 4.78 is 0. The molecule has 0 amide bonds. The molecule has 0 aromatic heterocycles. The third-order valence-electron chi connectivity index (χ3n) is 2.06. The predicted octanol–water partition coefficient (Wildman–Crippen LogP) is -0.565. The second kappa shape index (κ2) is 6.62. The van der Waals surface area contributed by atoms with Crippen LogP contribution >= 0.6 is 0 Å². The second-order valence-electron chi connectivity index (χ2n) is 3.03. The maximum Gasteiger partial charge on any atom is 0.0516 e. The van der Waals surface area contributed by atoms with E-state index in [0.717, 1.165) is 39.3 Å². The van der Waals surface area contributed by atoms with E-state index in [4.69, 9.17) is 5.73 Å². The molecule has 3 N–H and O–H groups in total. The van der Waals surface area contributed by atoms with Gasteiger partial charge >= 0.3 is 0 Å². The zero-order valence-electron chi connectivity index (χ0n) is 7.95. The van der Waals surface area contributed by atoms with Gasteiger partial charge in [0, 0.05) is 38.9 Å². The summed E-state index contributed by atoms with van der Waals surface area (Å²) in [5.74, 6) is 0. The highest BCUT2D eigenvalue weighted by atomic mass is 15.2. The molecule has 0 aliphatic carbocycles. The molecule has 1 heterocycles. The van der Waals surface area contributed by atoms with Crippen molar-refractivity contribution in [1.82, 2.24) is 10.2 Å². The van der Waals surface area contributed by atoms with Crippen LogP contribution in [0.4, 0.5) is 0 Å². The van der Waals surface area contributed by atoms with Gasteiger partial charge < -0.3 is 11.1 Å². The molecule has 1 aliphatic heterocycles. The molecule has 1 fully saturated rings. The molecule has 0 aromatic carbocycles. The largest absolute Gasteiger partial charge is 0.405 e. The SMILES string of the molecule is NC=CC=NCCN1CCNCC1. The van der Waals surface area contributed by atoms with Crippen molar-refractivity contribution in [3.63, 3.8) is 0 Å². The Kier molecular flexibility index (Phi) is 5.20. The third kappa shape index (κ3) is 4.65. The Morgan fingerprint density at radius 3 is 2.85 bits per heavy atom. The van der Waals surface area contributed by atoms with E-state index in [1.165, 1.54) is 6.20 Å². The summed E-state index contributed by atoms with van der Waals surface area (Å²) in [6, 6.07) is 0. The number of nitrogens with one attached hydrogen (secondary N) is 1. The van der Waals surface area contributed by atoms with Gasteiger partial charge in [-0.3, -0.25) is 9.89 Å². The van der Waals surface area contributed by atoms with Crippen molar-refractivity contribution in [3.8, 4) is 0 Å². The average Bonchev–Trinajstić information content (AvgIpc) is 2.19. The van der Waals surface area contributed by atoms with Crippen molar-refractivity contribution in [2.75, 3.05) is 39.3 Å². The van der Waals surface area contributed by atoms with Gasteiger partial charge in [0.1, 0.15) is 0 Å². The fourth-order valence-electron chi connectivity index (χ4n) is 1.32. The van der Waals surface area contributed by atoms with Gasteiger partial charge in [-0.05, 0) is 12.3 Å². The van der Waals surface area contributed by atoms with Gasteiger partial charge in [-0.1, -0.05) is 0 Å². The highest BCUT2D eigenvalue weighted by Crippen LogP contribution is 1.90. The Morgan fingerprint density at radius 2 is 2.15 bits per heavy atom. The van der Waals surface area contributed by atoms with Crippen LogP contribution in [0.25, 0.3) is 0 Å². The van der Waals surface area contributed by atoms with E-state index >= 15 is 0 Å². The van der Waals surface area contributed by atoms with Crippen LogP contribution in [0, 0.1) is 0 Å². The van der Waals surface area contributed by atoms with Crippen molar-refractivity contribution in [3.05, 3.63) is 12.3 Å². The predicted molar refractivity (Wildman–Crippen MR) is 56.0 cm³/mol. The number of aliphatic imine (C=N–C) groups is 1. The Hall–Kier alpha value is -0.870. The first-order valence-electron chi connectivity index (χ1n) is 4.73. The number of hydrogen-bond acceptors (Lipinski definition) is 4. The van der Waals surface area contributed by atoms with Crippen LogP contribution in [0.3, 0.4) is 0 Å². The number of rotatable bonds is 4. The molecule has 0 saturated carbocycles. The minimum atomic E-state index is 0.865. The Morgan fingerprint density at radius 1 is 1.38 bits per heavy atom. The van der Waals surface area contributed by atoms with Crippen molar-refractivity contribution in [2.45, 2.75) is 0 Å². The molecule has 0 radical (unpaired) electrons.